The van der Waals surface area contributed by atoms with Crippen molar-refractivity contribution in [3.8, 4) is 22.3 Å². The van der Waals surface area contributed by atoms with Gasteiger partial charge < -0.3 is 25.5 Å². The van der Waals surface area contributed by atoms with Crippen molar-refractivity contribution in [2.75, 3.05) is 6.61 Å². The first-order valence-corrected chi connectivity index (χ1v) is 13.8. The van der Waals surface area contributed by atoms with Crippen molar-refractivity contribution in [1.82, 2.24) is 9.88 Å². The number of amides is 2. The fourth-order valence-electron chi connectivity index (χ4n) is 4.55. The number of primary amides is 1. The Morgan fingerprint density at radius 2 is 1.43 bits per heavy atom. The van der Waals surface area contributed by atoms with Crippen LogP contribution in [0.15, 0.2) is 97.3 Å². The lowest BCUT2D eigenvalue weighted by atomic mass is 9.87. The van der Waals surface area contributed by atoms with E-state index in [0.29, 0.717) is 5.56 Å². The van der Waals surface area contributed by atoms with Crippen LogP contribution in [0, 0.1) is 5.41 Å². The van der Waals surface area contributed by atoms with Crippen LogP contribution < -0.4 is 11.1 Å². The molecule has 8 heteroatoms. The van der Waals surface area contributed by atoms with E-state index in [4.69, 9.17) is 10.5 Å². The number of aliphatic hydroxyl groups excluding tert-OH is 1. The van der Waals surface area contributed by atoms with E-state index in [1.54, 1.807) is 22.9 Å². The van der Waals surface area contributed by atoms with Gasteiger partial charge in [0, 0.05) is 18.0 Å². The first-order valence-electron chi connectivity index (χ1n) is 13.8. The molecule has 218 valence electrons. The number of ether oxygens (including phenoxy) is 1. The largest absolute Gasteiger partial charge is 0.461 e. The number of carbonyl (C=O) groups excluding carboxylic acids is 3. The van der Waals surface area contributed by atoms with Gasteiger partial charge in [-0.2, -0.15) is 0 Å². The first kappa shape index (κ1) is 30.3. The molecule has 1 aromatic heterocycles. The van der Waals surface area contributed by atoms with Crippen LogP contribution in [0.25, 0.3) is 22.3 Å². The highest BCUT2D eigenvalue weighted by Gasteiger charge is 2.31. The lowest BCUT2D eigenvalue weighted by Gasteiger charge is -2.31. The minimum Gasteiger partial charge on any atom is -0.461 e. The SMILES string of the molecule is CC(C)(C)C(CO)NC(=O)C(CC(=O)OCc1ccccc1)n1ccc(-c2ccc(-c3ccc(C(N)=O)cc3)cc2)c1. The Morgan fingerprint density at radius 1 is 0.857 bits per heavy atom. The Kier molecular flexibility index (Phi) is 9.60. The van der Waals surface area contributed by atoms with Gasteiger partial charge in [0.1, 0.15) is 12.6 Å². The molecule has 1 heterocycles. The number of aromatic nitrogens is 1. The second kappa shape index (κ2) is 13.3. The van der Waals surface area contributed by atoms with Crippen molar-refractivity contribution in [3.63, 3.8) is 0 Å². The molecule has 2 atom stereocenters. The summed E-state index contributed by atoms with van der Waals surface area (Å²) < 4.78 is 7.20. The predicted octanol–water partition coefficient (Wildman–Crippen LogP) is 5.12. The average molecular weight is 568 g/mol. The average Bonchev–Trinajstić information content (AvgIpc) is 3.47. The number of carbonyl (C=O) groups is 3. The monoisotopic (exact) mass is 567 g/mol. The summed E-state index contributed by atoms with van der Waals surface area (Å²) in [5.41, 5.74) is 10.00. The molecule has 0 fully saturated rings. The number of rotatable bonds is 11. The number of benzene rings is 3. The molecule has 42 heavy (non-hydrogen) atoms. The number of nitrogens with one attached hydrogen (secondary N) is 1. The smallest absolute Gasteiger partial charge is 0.308 e. The van der Waals surface area contributed by atoms with Gasteiger partial charge in [0.2, 0.25) is 11.8 Å². The van der Waals surface area contributed by atoms with E-state index in [1.807, 2.05) is 99.8 Å². The van der Waals surface area contributed by atoms with Crippen molar-refractivity contribution in [2.45, 2.75) is 45.9 Å². The normalized spacial score (nSPS) is 12.8. The zero-order valence-electron chi connectivity index (χ0n) is 24.1. The lowest BCUT2D eigenvalue weighted by Crippen LogP contribution is -2.48. The summed E-state index contributed by atoms with van der Waals surface area (Å²) in [7, 11) is 0. The zero-order valence-corrected chi connectivity index (χ0v) is 24.1. The molecule has 0 bridgehead atoms. The summed E-state index contributed by atoms with van der Waals surface area (Å²) in [6.45, 7) is 5.68. The van der Waals surface area contributed by atoms with Crippen LogP contribution in [0.1, 0.15) is 49.2 Å². The predicted molar refractivity (Wildman–Crippen MR) is 162 cm³/mol. The second-order valence-corrected chi connectivity index (χ2v) is 11.3. The molecular formula is C34H37N3O5. The lowest BCUT2D eigenvalue weighted by molar-refractivity contribution is -0.148. The van der Waals surface area contributed by atoms with Crippen LogP contribution >= 0.6 is 0 Å². The summed E-state index contributed by atoms with van der Waals surface area (Å²) in [6.07, 6.45) is 3.43. The van der Waals surface area contributed by atoms with Crippen LogP contribution in [-0.4, -0.2) is 40.1 Å². The first-order chi connectivity index (χ1) is 20.0. The van der Waals surface area contributed by atoms with E-state index in [9.17, 15) is 19.5 Å². The molecule has 4 aromatic rings. The van der Waals surface area contributed by atoms with Crippen LogP contribution in [-0.2, 0) is 20.9 Å². The number of aliphatic hydroxyl groups is 1. The van der Waals surface area contributed by atoms with E-state index >= 15 is 0 Å². The topological polar surface area (TPSA) is 124 Å². The van der Waals surface area contributed by atoms with Crippen LogP contribution in [0.3, 0.4) is 0 Å². The van der Waals surface area contributed by atoms with Gasteiger partial charge in [0.25, 0.3) is 0 Å². The van der Waals surface area contributed by atoms with E-state index in [2.05, 4.69) is 5.32 Å². The number of esters is 1. The highest BCUT2D eigenvalue weighted by molar-refractivity contribution is 5.93. The summed E-state index contributed by atoms with van der Waals surface area (Å²) in [4.78, 5) is 37.7. The third-order valence-corrected chi connectivity index (χ3v) is 7.25. The number of nitrogens with two attached hydrogens (primary N) is 1. The van der Waals surface area contributed by atoms with Crippen LogP contribution in [0.5, 0.6) is 0 Å². The second-order valence-electron chi connectivity index (χ2n) is 11.3. The molecule has 0 radical (unpaired) electrons. The van der Waals surface area contributed by atoms with Crippen LogP contribution in [0.2, 0.25) is 0 Å². The Labute approximate surface area is 246 Å². The maximum atomic E-state index is 13.5. The maximum Gasteiger partial charge on any atom is 0.308 e. The van der Waals surface area contributed by atoms with Gasteiger partial charge in [0.15, 0.2) is 0 Å². The molecule has 0 spiro atoms. The molecule has 0 aliphatic heterocycles. The van der Waals surface area contributed by atoms with Gasteiger partial charge in [-0.3, -0.25) is 14.4 Å². The van der Waals surface area contributed by atoms with E-state index in [-0.39, 0.29) is 31.0 Å². The highest BCUT2D eigenvalue weighted by Crippen LogP contribution is 2.28. The highest BCUT2D eigenvalue weighted by atomic mass is 16.5. The van der Waals surface area contributed by atoms with Crippen molar-refractivity contribution in [3.05, 3.63) is 108 Å². The number of hydrogen-bond acceptors (Lipinski definition) is 5. The standard InChI is InChI=1S/C34H37N3O5/c1-34(2,3)30(21-38)36-33(41)29(19-31(39)42-22-23-7-5-4-6-8-23)37-18-17-28(20-37)26-11-9-24(10-12-26)25-13-15-27(16-14-25)32(35)40/h4-18,20,29-30,38H,19,21-22H2,1-3H3,(H2,35,40)(H,36,41). The fraction of sp³-hybridized carbons (Fsp3) is 0.265. The van der Waals surface area contributed by atoms with Gasteiger partial charge in [-0.1, -0.05) is 87.5 Å². The minimum absolute atomic E-state index is 0.115. The summed E-state index contributed by atoms with van der Waals surface area (Å²) in [5.74, 6) is -1.35. The fourth-order valence-corrected chi connectivity index (χ4v) is 4.55. The molecule has 2 amide bonds. The zero-order chi connectivity index (χ0) is 30.3. The third-order valence-electron chi connectivity index (χ3n) is 7.25. The van der Waals surface area contributed by atoms with Crippen molar-refractivity contribution in [1.29, 1.82) is 0 Å². The third kappa shape index (κ3) is 7.73. The van der Waals surface area contributed by atoms with Crippen molar-refractivity contribution >= 4 is 17.8 Å². The Bertz CT molecular complexity index is 1500. The number of nitrogens with zero attached hydrogens (tertiary/aromatic N) is 1. The van der Waals surface area contributed by atoms with Crippen LogP contribution in [0.4, 0.5) is 0 Å². The molecule has 2 unspecified atom stereocenters. The molecule has 8 nitrogen and oxygen atoms in total. The van der Waals surface area contributed by atoms with E-state index in [0.717, 1.165) is 27.8 Å². The Balaban J connectivity index is 1.53. The molecule has 0 saturated heterocycles. The molecule has 4 rings (SSSR count). The molecule has 3 aromatic carbocycles. The molecular weight excluding hydrogens is 530 g/mol. The summed E-state index contributed by atoms with van der Waals surface area (Å²) >= 11 is 0. The number of hydrogen-bond donors (Lipinski definition) is 3. The van der Waals surface area contributed by atoms with Gasteiger partial charge in [0.05, 0.1) is 19.1 Å². The minimum atomic E-state index is -0.874. The van der Waals surface area contributed by atoms with Gasteiger partial charge in [-0.25, -0.2) is 0 Å². The Hall–Kier alpha value is -4.69. The van der Waals surface area contributed by atoms with Gasteiger partial charge in [-0.05, 0) is 51.4 Å². The van der Waals surface area contributed by atoms with E-state index < -0.39 is 24.0 Å². The quantitative estimate of drug-likeness (QED) is 0.217. The molecule has 0 aliphatic carbocycles. The maximum absolute atomic E-state index is 13.5. The van der Waals surface area contributed by atoms with Crippen molar-refractivity contribution in [2.24, 2.45) is 11.1 Å². The molecule has 4 N–H and O–H groups in total. The van der Waals surface area contributed by atoms with Gasteiger partial charge >= 0.3 is 5.97 Å². The summed E-state index contributed by atoms with van der Waals surface area (Å²) in [6, 6.07) is 24.9. The molecule has 0 aliphatic rings. The van der Waals surface area contributed by atoms with Gasteiger partial charge in [-0.15, -0.1) is 0 Å². The summed E-state index contributed by atoms with van der Waals surface area (Å²) in [5, 5.41) is 12.8. The molecule has 0 saturated carbocycles. The van der Waals surface area contributed by atoms with Crippen molar-refractivity contribution < 1.29 is 24.2 Å². The Morgan fingerprint density at radius 3 is 1.98 bits per heavy atom. The van der Waals surface area contributed by atoms with E-state index in [1.165, 1.54) is 0 Å².